The maximum Gasteiger partial charge on any atom is 0.410 e. The lowest BCUT2D eigenvalue weighted by Gasteiger charge is -2.29. The zero-order valence-electron chi connectivity index (χ0n) is 11.4. The smallest absolute Gasteiger partial charge is 0.410 e. The Morgan fingerprint density at radius 2 is 2.11 bits per heavy atom. The molecule has 5 heteroatoms. The van der Waals surface area contributed by atoms with Crippen molar-refractivity contribution in [2.45, 2.75) is 39.3 Å². The predicted molar refractivity (Wildman–Crippen MR) is 66.6 cm³/mol. The number of rotatable bonds is 2. The van der Waals surface area contributed by atoms with Gasteiger partial charge in [-0.2, -0.15) is 0 Å². The van der Waals surface area contributed by atoms with Crippen molar-refractivity contribution in [3.8, 4) is 0 Å². The Balaban J connectivity index is 2.82. The molecule has 1 aromatic rings. The Morgan fingerprint density at radius 3 is 2.61 bits per heavy atom. The van der Waals surface area contributed by atoms with E-state index in [1.165, 1.54) is 11.1 Å². The Bertz CT molecular complexity index is 429. The number of hydrogen-bond donors (Lipinski definition) is 0. The van der Waals surface area contributed by atoms with Gasteiger partial charge in [-0.15, -0.1) is 0 Å². The monoisotopic (exact) mass is 254 g/mol. The van der Waals surface area contributed by atoms with Gasteiger partial charge in [-0.3, -0.25) is 4.98 Å². The molecule has 0 spiro atoms. The molecule has 1 rings (SSSR count). The molecule has 1 atom stereocenters. The number of hydrogen-bond acceptors (Lipinski definition) is 3. The molecule has 18 heavy (non-hydrogen) atoms. The molecule has 1 heterocycles. The van der Waals surface area contributed by atoms with E-state index >= 15 is 0 Å². The van der Waals surface area contributed by atoms with Gasteiger partial charge in [0, 0.05) is 18.8 Å². The summed E-state index contributed by atoms with van der Waals surface area (Å²) in [6.45, 7) is 7.10. The van der Waals surface area contributed by atoms with Crippen molar-refractivity contribution in [2.24, 2.45) is 0 Å². The molecule has 4 nitrogen and oxygen atoms in total. The summed E-state index contributed by atoms with van der Waals surface area (Å²) in [4.78, 5) is 16.9. The van der Waals surface area contributed by atoms with Crippen molar-refractivity contribution in [3.05, 3.63) is 29.8 Å². The molecular weight excluding hydrogens is 235 g/mol. The summed E-state index contributed by atoms with van der Waals surface area (Å²) in [6, 6.07) is 1.14. The predicted octanol–water partition coefficient (Wildman–Crippen LogP) is 3.15. The van der Waals surface area contributed by atoms with Gasteiger partial charge in [-0.05, 0) is 33.8 Å². The van der Waals surface area contributed by atoms with Gasteiger partial charge in [-0.1, -0.05) is 0 Å². The van der Waals surface area contributed by atoms with E-state index in [0.717, 1.165) is 6.20 Å². The molecule has 0 aliphatic carbocycles. The lowest BCUT2D eigenvalue weighted by atomic mass is 10.1. The van der Waals surface area contributed by atoms with Crippen LogP contribution in [-0.2, 0) is 4.74 Å². The number of halogens is 1. The zero-order valence-corrected chi connectivity index (χ0v) is 11.4. The number of carbonyl (C=O) groups is 1. The summed E-state index contributed by atoms with van der Waals surface area (Å²) in [5, 5.41) is 0. The maximum absolute atomic E-state index is 13.6. The van der Waals surface area contributed by atoms with E-state index in [2.05, 4.69) is 4.98 Å². The Kier molecular flexibility index (Phi) is 4.27. The molecule has 0 aromatic carbocycles. The number of amides is 1. The molecule has 0 N–H and O–H groups in total. The van der Waals surface area contributed by atoms with Gasteiger partial charge in [0.05, 0.1) is 12.2 Å². The zero-order chi connectivity index (χ0) is 13.9. The largest absolute Gasteiger partial charge is 0.444 e. The lowest BCUT2D eigenvalue weighted by Crippen LogP contribution is -2.36. The fourth-order valence-corrected chi connectivity index (χ4v) is 1.43. The van der Waals surface area contributed by atoms with E-state index in [1.807, 2.05) is 0 Å². The normalized spacial score (nSPS) is 13.0. The summed E-state index contributed by atoms with van der Waals surface area (Å²) in [5.41, 5.74) is -0.152. The van der Waals surface area contributed by atoms with Gasteiger partial charge >= 0.3 is 6.09 Å². The van der Waals surface area contributed by atoms with E-state index in [0.29, 0.717) is 5.56 Å². The number of nitrogens with zero attached hydrogens (tertiary/aromatic N) is 2. The van der Waals surface area contributed by atoms with Crippen LogP contribution in [0.2, 0.25) is 0 Å². The molecule has 0 aliphatic heterocycles. The first-order chi connectivity index (χ1) is 8.22. The number of ether oxygens (including phenoxy) is 1. The van der Waals surface area contributed by atoms with Crippen molar-refractivity contribution in [1.29, 1.82) is 0 Å². The SMILES string of the molecule is CC(c1ccncc1F)N(C)C(=O)OC(C)(C)C. The minimum Gasteiger partial charge on any atom is -0.444 e. The molecular formula is C13H19FN2O2. The molecule has 0 fully saturated rings. The molecule has 0 radical (unpaired) electrons. The second-order valence-electron chi connectivity index (χ2n) is 5.16. The van der Waals surface area contributed by atoms with Crippen molar-refractivity contribution in [2.75, 3.05) is 7.05 Å². The lowest BCUT2D eigenvalue weighted by molar-refractivity contribution is 0.0231. The van der Waals surface area contributed by atoms with Gasteiger partial charge in [0.1, 0.15) is 11.4 Å². The quantitative estimate of drug-likeness (QED) is 0.814. The van der Waals surface area contributed by atoms with Crippen LogP contribution in [0.4, 0.5) is 9.18 Å². The highest BCUT2D eigenvalue weighted by Gasteiger charge is 2.25. The fourth-order valence-electron chi connectivity index (χ4n) is 1.43. The molecule has 0 bridgehead atoms. The molecule has 0 aliphatic rings. The summed E-state index contributed by atoms with van der Waals surface area (Å²) in [5.74, 6) is -0.430. The topological polar surface area (TPSA) is 42.4 Å². The maximum atomic E-state index is 13.6. The van der Waals surface area contributed by atoms with E-state index in [1.54, 1.807) is 40.8 Å². The van der Waals surface area contributed by atoms with Gasteiger partial charge in [0.2, 0.25) is 0 Å². The second-order valence-corrected chi connectivity index (χ2v) is 5.16. The Morgan fingerprint density at radius 1 is 1.50 bits per heavy atom. The summed E-state index contributed by atoms with van der Waals surface area (Å²) >= 11 is 0. The third-order valence-corrected chi connectivity index (χ3v) is 2.52. The van der Waals surface area contributed by atoms with Gasteiger partial charge in [0.25, 0.3) is 0 Å². The minimum absolute atomic E-state index is 0.414. The van der Waals surface area contributed by atoms with E-state index < -0.39 is 23.6 Å². The van der Waals surface area contributed by atoms with Gasteiger partial charge < -0.3 is 9.64 Å². The molecule has 0 saturated carbocycles. The van der Waals surface area contributed by atoms with Crippen LogP contribution in [0, 0.1) is 5.82 Å². The third-order valence-electron chi connectivity index (χ3n) is 2.52. The average Bonchev–Trinajstić information content (AvgIpc) is 2.25. The van der Waals surface area contributed by atoms with Crippen molar-refractivity contribution in [3.63, 3.8) is 0 Å². The van der Waals surface area contributed by atoms with E-state index in [-0.39, 0.29) is 0 Å². The first kappa shape index (κ1) is 14.4. The number of pyridine rings is 1. The van der Waals surface area contributed by atoms with E-state index in [4.69, 9.17) is 4.74 Å². The van der Waals surface area contributed by atoms with Crippen LogP contribution in [0.15, 0.2) is 18.5 Å². The van der Waals surface area contributed by atoms with Crippen LogP contribution in [0.5, 0.6) is 0 Å². The molecule has 1 amide bonds. The Labute approximate surface area is 107 Å². The fraction of sp³-hybridized carbons (Fsp3) is 0.538. The first-order valence-corrected chi connectivity index (χ1v) is 5.77. The molecule has 1 unspecified atom stereocenters. The Hall–Kier alpha value is -1.65. The van der Waals surface area contributed by atoms with Crippen LogP contribution < -0.4 is 0 Å². The van der Waals surface area contributed by atoms with E-state index in [9.17, 15) is 9.18 Å². The summed E-state index contributed by atoms with van der Waals surface area (Å²) < 4.78 is 18.8. The second kappa shape index (κ2) is 5.33. The first-order valence-electron chi connectivity index (χ1n) is 5.77. The van der Waals surface area contributed by atoms with Crippen LogP contribution in [-0.4, -0.2) is 28.6 Å². The highest BCUT2D eigenvalue weighted by Crippen LogP contribution is 2.22. The van der Waals surface area contributed by atoms with Gasteiger partial charge in [0.15, 0.2) is 0 Å². The highest BCUT2D eigenvalue weighted by molar-refractivity contribution is 5.68. The molecule has 1 aromatic heterocycles. The summed E-state index contributed by atoms with van der Waals surface area (Å²) in [7, 11) is 1.58. The highest BCUT2D eigenvalue weighted by atomic mass is 19.1. The van der Waals surface area contributed by atoms with Crippen LogP contribution in [0.25, 0.3) is 0 Å². The molecule has 0 saturated heterocycles. The molecule has 100 valence electrons. The van der Waals surface area contributed by atoms with Crippen molar-refractivity contribution >= 4 is 6.09 Å². The number of aromatic nitrogens is 1. The van der Waals surface area contributed by atoms with Crippen LogP contribution in [0.3, 0.4) is 0 Å². The van der Waals surface area contributed by atoms with Crippen molar-refractivity contribution < 1.29 is 13.9 Å². The average molecular weight is 254 g/mol. The third kappa shape index (κ3) is 3.68. The van der Waals surface area contributed by atoms with Crippen molar-refractivity contribution in [1.82, 2.24) is 9.88 Å². The summed E-state index contributed by atoms with van der Waals surface area (Å²) in [6.07, 6.45) is 2.15. The van der Waals surface area contributed by atoms with Gasteiger partial charge in [-0.25, -0.2) is 9.18 Å². The number of carbonyl (C=O) groups excluding carboxylic acids is 1. The van der Waals surface area contributed by atoms with Crippen LogP contribution >= 0.6 is 0 Å². The standard InChI is InChI=1S/C13H19FN2O2/c1-9(10-6-7-15-8-11(10)14)16(5)12(17)18-13(2,3)4/h6-9H,1-5H3. The van der Waals surface area contributed by atoms with Crippen LogP contribution in [0.1, 0.15) is 39.3 Å². The minimum atomic E-state index is -0.568.